The van der Waals surface area contributed by atoms with Gasteiger partial charge in [-0.1, -0.05) is 0 Å². The lowest BCUT2D eigenvalue weighted by Gasteiger charge is -2.28. The third kappa shape index (κ3) is 3.51. The summed E-state index contributed by atoms with van der Waals surface area (Å²) in [6, 6.07) is 2.14. The van der Waals surface area contributed by atoms with Gasteiger partial charge in [-0.05, 0) is 37.4 Å². The second kappa shape index (κ2) is 6.25. The van der Waals surface area contributed by atoms with Crippen LogP contribution in [-0.2, 0) is 24.3 Å². The predicted octanol–water partition coefficient (Wildman–Crippen LogP) is 2.53. The average Bonchev–Trinajstić information content (AvgIpc) is 3.06. The van der Waals surface area contributed by atoms with E-state index in [-0.39, 0.29) is 5.91 Å². The summed E-state index contributed by atoms with van der Waals surface area (Å²) in [5.74, 6) is 0.218. The normalized spacial score (nSPS) is 14.5. The predicted molar refractivity (Wildman–Crippen MR) is 86.6 cm³/mol. The van der Waals surface area contributed by atoms with Crippen molar-refractivity contribution in [2.45, 2.75) is 26.4 Å². The molecular weight excluding hydrogens is 302 g/mol. The number of likely N-dealkylation sites (N-methyl/N-ethyl adjacent to an activating group) is 1. The molecule has 3 rings (SSSR count). The van der Waals surface area contributed by atoms with Gasteiger partial charge < -0.3 is 4.90 Å². The van der Waals surface area contributed by atoms with Crippen LogP contribution in [0.1, 0.15) is 20.3 Å². The highest BCUT2D eigenvalue weighted by atomic mass is 32.1. The lowest BCUT2D eigenvalue weighted by molar-refractivity contribution is -0.133. The molecule has 0 bridgehead atoms. The van der Waals surface area contributed by atoms with E-state index >= 15 is 0 Å². The summed E-state index contributed by atoms with van der Waals surface area (Å²) in [4.78, 5) is 23.4. The lowest BCUT2D eigenvalue weighted by atomic mass is 10.1. The van der Waals surface area contributed by atoms with Crippen molar-refractivity contribution < 1.29 is 4.79 Å². The lowest BCUT2D eigenvalue weighted by Crippen LogP contribution is -2.41. The van der Waals surface area contributed by atoms with Gasteiger partial charge >= 0.3 is 0 Å². The minimum absolute atomic E-state index is 0.218. The number of rotatable bonds is 4. The highest BCUT2D eigenvalue weighted by Gasteiger charge is 2.22. The molecule has 0 N–H and O–H groups in total. The van der Waals surface area contributed by atoms with Crippen LogP contribution in [0.2, 0.25) is 0 Å². The van der Waals surface area contributed by atoms with Crippen molar-refractivity contribution in [3.8, 4) is 0 Å². The maximum absolute atomic E-state index is 12.4. The second-order valence-electron chi connectivity index (χ2n) is 5.45. The van der Waals surface area contributed by atoms with Crippen LogP contribution in [0.5, 0.6) is 0 Å². The number of aryl methyl sites for hydroxylation is 1. The zero-order chi connectivity index (χ0) is 14.8. The summed E-state index contributed by atoms with van der Waals surface area (Å²) in [6.45, 7) is 4.88. The van der Waals surface area contributed by atoms with Crippen molar-refractivity contribution in [1.82, 2.24) is 14.8 Å². The van der Waals surface area contributed by atoms with Gasteiger partial charge in [0.2, 0.25) is 5.91 Å². The number of thiazole rings is 1. The van der Waals surface area contributed by atoms with Crippen molar-refractivity contribution in [2.75, 3.05) is 20.1 Å². The second-order valence-corrected chi connectivity index (χ2v) is 7.77. The van der Waals surface area contributed by atoms with Gasteiger partial charge in [-0.3, -0.25) is 9.69 Å². The van der Waals surface area contributed by atoms with Gasteiger partial charge in [0.05, 0.1) is 11.6 Å². The van der Waals surface area contributed by atoms with E-state index in [9.17, 15) is 4.79 Å². The van der Waals surface area contributed by atoms with Crippen LogP contribution in [0, 0.1) is 6.92 Å². The van der Waals surface area contributed by atoms with E-state index in [4.69, 9.17) is 0 Å². The van der Waals surface area contributed by atoms with Crippen molar-refractivity contribution in [2.24, 2.45) is 0 Å². The number of fused-ring (bicyclic) bond motifs is 1. The molecule has 0 aliphatic carbocycles. The van der Waals surface area contributed by atoms with E-state index in [1.807, 2.05) is 25.1 Å². The molecule has 2 aromatic heterocycles. The zero-order valence-electron chi connectivity index (χ0n) is 12.3. The molecular formula is C15H19N3OS2. The van der Waals surface area contributed by atoms with E-state index in [0.717, 1.165) is 31.1 Å². The molecule has 1 amide bonds. The van der Waals surface area contributed by atoms with Gasteiger partial charge in [0.1, 0.15) is 0 Å². The number of aromatic nitrogens is 1. The number of thiophene rings is 1. The summed E-state index contributed by atoms with van der Waals surface area (Å²) >= 11 is 3.50. The largest absolute Gasteiger partial charge is 0.337 e. The maximum atomic E-state index is 12.4. The molecule has 0 saturated carbocycles. The van der Waals surface area contributed by atoms with E-state index in [1.165, 1.54) is 15.3 Å². The highest BCUT2D eigenvalue weighted by Crippen LogP contribution is 2.24. The van der Waals surface area contributed by atoms with Crippen molar-refractivity contribution in [3.05, 3.63) is 38.0 Å². The Morgan fingerprint density at radius 1 is 1.52 bits per heavy atom. The Balaban J connectivity index is 1.54. The molecule has 0 atom stereocenters. The molecule has 2 aromatic rings. The molecule has 1 aliphatic heterocycles. The average molecular weight is 321 g/mol. The molecule has 0 unspecified atom stereocenters. The van der Waals surface area contributed by atoms with Crippen LogP contribution in [-0.4, -0.2) is 40.8 Å². The van der Waals surface area contributed by atoms with Crippen LogP contribution < -0.4 is 0 Å². The first-order valence-electron chi connectivity index (χ1n) is 7.04. The van der Waals surface area contributed by atoms with E-state index in [1.54, 1.807) is 22.7 Å². The fourth-order valence-corrected chi connectivity index (χ4v) is 4.36. The molecule has 0 radical (unpaired) electrons. The SMILES string of the molecule is Cc1ncc(CN(C)CC(=O)N2CCc3sccc3C2)s1. The Kier molecular flexibility index (Phi) is 4.37. The molecule has 3 heterocycles. The van der Waals surface area contributed by atoms with Crippen LogP contribution in [0.15, 0.2) is 17.6 Å². The molecule has 1 aliphatic rings. The first-order chi connectivity index (χ1) is 10.1. The molecule has 21 heavy (non-hydrogen) atoms. The van der Waals surface area contributed by atoms with Crippen molar-refractivity contribution in [1.29, 1.82) is 0 Å². The highest BCUT2D eigenvalue weighted by molar-refractivity contribution is 7.11. The number of carbonyl (C=O) groups is 1. The molecule has 0 aromatic carbocycles. The Bertz CT molecular complexity index is 634. The maximum Gasteiger partial charge on any atom is 0.237 e. The first-order valence-corrected chi connectivity index (χ1v) is 8.74. The number of amides is 1. The third-order valence-corrected chi connectivity index (χ3v) is 5.58. The Morgan fingerprint density at radius 2 is 2.38 bits per heavy atom. The van der Waals surface area contributed by atoms with Gasteiger partial charge in [-0.2, -0.15) is 0 Å². The number of carbonyl (C=O) groups excluding carboxylic acids is 1. The standard InChI is InChI=1S/C15H19N3OS2/c1-11-16-7-13(21-11)9-17(2)10-15(19)18-5-3-14-12(8-18)4-6-20-14/h4,6-7H,3,5,8-10H2,1-2H3. The summed E-state index contributed by atoms with van der Waals surface area (Å²) < 4.78 is 0. The summed E-state index contributed by atoms with van der Waals surface area (Å²) in [7, 11) is 1.99. The van der Waals surface area contributed by atoms with E-state index in [2.05, 4.69) is 21.3 Å². The van der Waals surface area contributed by atoms with Gasteiger partial charge in [-0.15, -0.1) is 22.7 Å². The number of hydrogen-bond donors (Lipinski definition) is 0. The topological polar surface area (TPSA) is 36.4 Å². The van der Waals surface area contributed by atoms with E-state index < -0.39 is 0 Å². The van der Waals surface area contributed by atoms with Crippen LogP contribution in [0.4, 0.5) is 0 Å². The fourth-order valence-electron chi connectivity index (χ4n) is 2.59. The fraction of sp³-hybridized carbons (Fsp3) is 0.467. The number of nitrogens with zero attached hydrogens (tertiary/aromatic N) is 3. The Morgan fingerprint density at radius 3 is 3.14 bits per heavy atom. The van der Waals surface area contributed by atoms with Gasteiger partial charge in [0.15, 0.2) is 0 Å². The third-order valence-electron chi connectivity index (χ3n) is 3.66. The first kappa shape index (κ1) is 14.7. The molecule has 0 spiro atoms. The zero-order valence-corrected chi connectivity index (χ0v) is 14.0. The molecule has 0 saturated heterocycles. The molecule has 112 valence electrons. The summed E-state index contributed by atoms with van der Waals surface area (Å²) in [5, 5.41) is 3.20. The van der Waals surface area contributed by atoms with Gasteiger partial charge in [-0.25, -0.2) is 4.98 Å². The quantitative estimate of drug-likeness (QED) is 0.868. The summed E-state index contributed by atoms with van der Waals surface area (Å²) in [6.07, 6.45) is 2.90. The van der Waals surface area contributed by atoms with Crippen LogP contribution in [0.3, 0.4) is 0 Å². The van der Waals surface area contributed by atoms with Crippen LogP contribution >= 0.6 is 22.7 Å². The smallest absolute Gasteiger partial charge is 0.237 e. The minimum atomic E-state index is 0.218. The molecule has 6 heteroatoms. The Hall–Kier alpha value is -1.24. The van der Waals surface area contributed by atoms with Gasteiger partial charge in [0.25, 0.3) is 0 Å². The summed E-state index contributed by atoms with van der Waals surface area (Å²) in [5.41, 5.74) is 1.32. The van der Waals surface area contributed by atoms with Crippen molar-refractivity contribution in [3.63, 3.8) is 0 Å². The van der Waals surface area contributed by atoms with Crippen LogP contribution in [0.25, 0.3) is 0 Å². The van der Waals surface area contributed by atoms with E-state index in [0.29, 0.717) is 6.54 Å². The minimum Gasteiger partial charge on any atom is -0.337 e. The molecule has 4 nitrogen and oxygen atoms in total. The van der Waals surface area contributed by atoms with Gasteiger partial charge in [0, 0.05) is 35.6 Å². The molecule has 0 fully saturated rings. The Labute approximate surface area is 133 Å². The number of hydrogen-bond acceptors (Lipinski definition) is 5. The van der Waals surface area contributed by atoms with Crippen molar-refractivity contribution >= 4 is 28.6 Å². The monoisotopic (exact) mass is 321 g/mol.